The standard InChI is InChI=1S/C25H29N5OS/c1-18-3-8-21-22(17-27)25(32-23(21)15-18)28-24(31)9-12-29-10-2-11-30(14-13-29)20-6-4-19(16-26)5-7-20/h4-7,18H,2-3,8-15H2,1H3,(H,28,31). The maximum absolute atomic E-state index is 12.7. The molecule has 2 aromatic rings. The number of benzene rings is 1. The molecular weight excluding hydrogens is 418 g/mol. The number of nitriles is 2. The molecule has 7 heteroatoms. The Balaban J connectivity index is 1.29. The Morgan fingerprint density at radius 2 is 1.97 bits per heavy atom. The fourth-order valence-corrected chi connectivity index (χ4v) is 5.98. The summed E-state index contributed by atoms with van der Waals surface area (Å²) in [6.07, 6.45) is 4.53. The van der Waals surface area contributed by atoms with Gasteiger partial charge in [-0.25, -0.2) is 0 Å². The third-order valence-corrected chi connectivity index (χ3v) is 7.65. The van der Waals surface area contributed by atoms with Crippen LogP contribution in [0.5, 0.6) is 0 Å². The Kier molecular flexibility index (Phi) is 7.09. The number of hydrogen-bond acceptors (Lipinski definition) is 6. The van der Waals surface area contributed by atoms with Crippen LogP contribution in [0.2, 0.25) is 0 Å². The molecule has 6 nitrogen and oxygen atoms in total. The summed E-state index contributed by atoms with van der Waals surface area (Å²) >= 11 is 1.59. The van der Waals surface area contributed by atoms with E-state index in [4.69, 9.17) is 5.26 Å². The number of carbonyl (C=O) groups excluding carboxylic acids is 1. The summed E-state index contributed by atoms with van der Waals surface area (Å²) in [7, 11) is 0. The van der Waals surface area contributed by atoms with Crippen LogP contribution < -0.4 is 10.2 Å². The van der Waals surface area contributed by atoms with Crippen LogP contribution in [0.3, 0.4) is 0 Å². The molecule has 0 spiro atoms. The molecule has 1 atom stereocenters. The first-order valence-electron chi connectivity index (χ1n) is 11.4. The SMILES string of the molecule is CC1CCc2c(sc(NC(=O)CCN3CCCN(c4ccc(C#N)cc4)CC3)c2C#N)C1. The molecule has 1 unspecified atom stereocenters. The van der Waals surface area contributed by atoms with E-state index < -0.39 is 0 Å². The normalized spacial score (nSPS) is 18.8. The quantitative estimate of drug-likeness (QED) is 0.744. The van der Waals surface area contributed by atoms with Crippen LogP contribution in [0, 0.1) is 28.6 Å². The molecule has 1 aliphatic carbocycles. The molecule has 1 N–H and O–H groups in total. The molecule has 1 aromatic heterocycles. The van der Waals surface area contributed by atoms with Crippen molar-refractivity contribution in [3.05, 3.63) is 45.8 Å². The van der Waals surface area contributed by atoms with Gasteiger partial charge in [0.05, 0.1) is 17.2 Å². The molecule has 0 bridgehead atoms. The summed E-state index contributed by atoms with van der Waals surface area (Å²) in [4.78, 5) is 18.6. The van der Waals surface area contributed by atoms with Crippen molar-refractivity contribution in [1.82, 2.24) is 4.90 Å². The maximum Gasteiger partial charge on any atom is 0.226 e. The van der Waals surface area contributed by atoms with Crippen LogP contribution in [0.25, 0.3) is 0 Å². The average molecular weight is 448 g/mol. The summed E-state index contributed by atoms with van der Waals surface area (Å²) in [5.41, 5.74) is 3.65. The minimum atomic E-state index is -0.0126. The lowest BCUT2D eigenvalue weighted by Crippen LogP contribution is -2.32. The number of rotatable bonds is 5. The molecule has 0 radical (unpaired) electrons. The molecule has 32 heavy (non-hydrogen) atoms. The topological polar surface area (TPSA) is 83.2 Å². The number of thiophene rings is 1. The van der Waals surface area contributed by atoms with Crippen molar-refractivity contribution in [3.8, 4) is 12.1 Å². The molecule has 1 amide bonds. The van der Waals surface area contributed by atoms with E-state index in [1.807, 2.05) is 24.3 Å². The van der Waals surface area contributed by atoms with E-state index in [0.29, 0.717) is 23.5 Å². The Hall–Kier alpha value is -2.87. The van der Waals surface area contributed by atoms with Crippen LogP contribution in [0.1, 0.15) is 47.8 Å². The van der Waals surface area contributed by atoms with E-state index in [9.17, 15) is 10.1 Å². The van der Waals surface area contributed by atoms with Crippen molar-refractivity contribution in [2.75, 3.05) is 42.9 Å². The van der Waals surface area contributed by atoms with Crippen LogP contribution in [0.15, 0.2) is 24.3 Å². The van der Waals surface area contributed by atoms with E-state index in [0.717, 1.165) is 74.7 Å². The van der Waals surface area contributed by atoms with Crippen molar-refractivity contribution in [3.63, 3.8) is 0 Å². The highest BCUT2D eigenvalue weighted by atomic mass is 32.1. The van der Waals surface area contributed by atoms with Gasteiger partial charge in [0, 0.05) is 43.2 Å². The monoisotopic (exact) mass is 447 g/mol. The van der Waals surface area contributed by atoms with Crippen molar-refractivity contribution in [1.29, 1.82) is 10.5 Å². The molecule has 1 aromatic carbocycles. The zero-order valence-electron chi connectivity index (χ0n) is 18.6. The molecule has 2 heterocycles. The third-order valence-electron chi connectivity index (χ3n) is 6.48. The van der Waals surface area contributed by atoms with Gasteiger partial charge < -0.3 is 15.1 Å². The molecule has 0 saturated carbocycles. The number of nitrogens with zero attached hydrogens (tertiary/aromatic N) is 4. The average Bonchev–Trinajstić information content (AvgIpc) is 2.97. The first-order chi connectivity index (χ1) is 15.6. The number of nitrogens with one attached hydrogen (secondary N) is 1. The minimum absolute atomic E-state index is 0.0126. The van der Waals surface area contributed by atoms with Crippen LogP contribution >= 0.6 is 11.3 Å². The van der Waals surface area contributed by atoms with Gasteiger partial charge in [-0.05, 0) is 68.0 Å². The zero-order valence-corrected chi connectivity index (χ0v) is 19.4. The van der Waals surface area contributed by atoms with E-state index in [1.165, 1.54) is 4.88 Å². The lowest BCUT2D eigenvalue weighted by Gasteiger charge is -2.23. The molecule has 2 aliphatic rings. The molecule has 4 rings (SSSR count). The number of carbonyl (C=O) groups is 1. The largest absolute Gasteiger partial charge is 0.370 e. The van der Waals surface area contributed by atoms with Gasteiger partial charge in [0.15, 0.2) is 0 Å². The van der Waals surface area contributed by atoms with Crippen molar-refractivity contribution in [2.45, 2.75) is 39.0 Å². The third kappa shape index (κ3) is 5.12. The number of amides is 1. The van der Waals surface area contributed by atoms with Crippen molar-refractivity contribution < 1.29 is 4.79 Å². The summed E-state index contributed by atoms with van der Waals surface area (Å²) in [5, 5.41) is 22.4. The van der Waals surface area contributed by atoms with Crippen molar-refractivity contribution in [2.24, 2.45) is 5.92 Å². The Morgan fingerprint density at radius 3 is 2.72 bits per heavy atom. The number of anilines is 2. The van der Waals surface area contributed by atoms with Gasteiger partial charge in [-0.15, -0.1) is 11.3 Å². The lowest BCUT2D eigenvalue weighted by atomic mass is 9.89. The van der Waals surface area contributed by atoms with Crippen LogP contribution in [0.4, 0.5) is 10.7 Å². The summed E-state index contributed by atoms with van der Waals surface area (Å²) in [6, 6.07) is 12.2. The van der Waals surface area contributed by atoms with Crippen LogP contribution in [-0.4, -0.2) is 43.5 Å². The van der Waals surface area contributed by atoms with Gasteiger partial charge in [0.1, 0.15) is 11.1 Å². The predicted octanol–water partition coefficient (Wildman–Crippen LogP) is 4.16. The Labute approximate surface area is 194 Å². The van der Waals surface area contributed by atoms with E-state index in [2.05, 4.69) is 34.2 Å². The summed E-state index contributed by atoms with van der Waals surface area (Å²) in [5.74, 6) is 0.629. The highest BCUT2D eigenvalue weighted by Gasteiger charge is 2.25. The molecule has 1 fully saturated rings. The smallest absolute Gasteiger partial charge is 0.226 e. The molecule has 1 saturated heterocycles. The van der Waals surface area contributed by atoms with E-state index in [-0.39, 0.29) is 5.91 Å². The Morgan fingerprint density at radius 1 is 1.16 bits per heavy atom. The first kappa shape index (κ1) is 22.3. The molecule has 1 aliphatic heterocycles. The maximum atomic E-state index is 12.7. The fourth-order valence-electron chi connectivity index (χ4n) is 4.61. The highest BCUT2D eigenvalue weighted by molar-refractivity contribution is 7.16. The first-order valence-corrected chi connectivity index (χ1v) is 12.2. The second-order valence-electron chi connectivity index (χ2n) is 8.81. The predicted molar refractivity (Wildman–Crippen MR) is 128 cm³/mol. The fraction of sp³-hybridized carbons (Fsp3) is 0.480. The van der Waals surface area contributed by atoms with Gasteiger partial charge >= 0.3 is 0 Å². The van der Waals surface area contributed by atoms with Gasteiger partial charge in [-0.3, -0.25) is 4.79 Å². The van der Waals surface area contributed by atoms with Gasteiger partial charge in [-0.2, -0.15) is 10.5 Å². The highest BCUT2D eigenvalue weighted by Crippen LogP contribution is 2.39. The second-order valence-corrected chi connectivity index (χ2v) is 9.91. The summed E-state index contributed by atoms with van der Waals surface area (Å²) in [6.45, 7) is 6.71. The summed E-state index contributed by atoms with van der Waals surface area (Å²) < 4.78 is 0. The number of hydrogen-bond donors (Lipinski definition) is 1. The zero-order chi connectivity index (χ0) is 22.5. The van der Waals surface area contributed by atoms with Gasteiger partial charge in [-0.1, -0.05) is 6.92 Å². The lowest BCUT2D eigenvalue weighted by molar-refractivity contribution is -0.116. The number of fused-ring (bicyclic) bond motifs is 1. The Bertz CT molecular complexity index is 1050. The molecular formula is C25H29N5OS. The van der Waals surface area contributed by atoms with Gasteiger partial charge in [0.2, 0.25) is 5.91 Å². The minimum Gasteiger partial charge on any atom is -0.370 e. The van der Waals surface area contributed by atoms with Gasteiger partial charge in [0.25, 0.3) is 0 Å². The van der Waals surface area contributed by atoms with Crippen molar-refractivity contribution >= 4 is 27.9 Å². The molecule has 166 valence electrons. The van der Waals surface area contributed by atoms with Crippen LogP contribution in [-0.2, 0) is 17.6 Å². The van der Waals surface area contributed by atoms with E-state index in [1.54, 1.807) is 11.3 Å². The second kappa shape index (κ2) is 10.2. The van der Waals surface area contributed by atoms with E-state index >= 15 is 0 Å².